The number of nitrogens with zero attached hydrogens (tertiary/aromatic N) is 1. The fourth-order valence-corrected chi connectivity index (χ4v) is 3.55. The molecular weight excluding hydrogens is 248 g/mol. The summed E-state index contributed by atoms with van der Waals surface area (Å²) in [6.07, 6.45) is 6.56. The third-order valence-electron chi connectivity index (χ3n) is 4.81. The molecule has 1 fully saturated rings. The lowest BCUT2D eigenvalue weighted by Gasteiger charge is -2.28. The van der Waals surface area contributed by atoms with E-state index in [4.69, 9.17) is 4.74 Å². The number of aryl methyl sites for hydroxylation is 1. The third kappa shape index (κ3) is 2.99. The van der Waals surface area contributed by atoms with Gasteiger partial charge in [0.05, 0.1) is 6.10 Å². The highest BCUT2D eigenvalue weighted by Gasteiger charge is 2.23. The zero-order chi connectivity index (χ0) is 13.9. The number of benzene rings is 1. The lowest BCUT2D eigenvalue weighted by atomic mass is 9.99. The van der Waals surface area contributed by atoms with Gasteiger partial charge in [-0.15, -0.1) is 0 Å². The van der Waals surface area contributed by atoms with E-state index < -0.39 is 0 Å². The fraction of sp³-hybridized carbons (Fsp3) is 0.647. The molecule has 1 aromatic carbocycles. The molecule has 2 atom stereocenters. The Balaban J connectivity index is 1.58. The van der Waals surface area contributed by atoms with Crippen LogP contribution in [0, 0.1) is 0 Å². The molecule has 1 aromatic rings. The summed E-state index contributed by atoms with van der Waals surface area (Å²) < 4.78 is 5.43. The second-order valence-corrected chi connectivity index (χ2v) is 6.24. The average molecular weight is 274 g/mol. The van der Waals surface area contributed by atoms with Crippen LogP contribution in [-0.2, 0) is 17.7 Å². The molecule has 0 amide bonds. The van der Waals surface area contributed by atoms with Gasteiger partial charge < -0.3 is 15.0 Å². The number of nitrogens with one attached hydrogen (secondary N) is 1. The zero-order valence-corrected chi connectivity index (χ0v) is 12.7. The molecule has 1 N–H and O–H groups in total. The van der Waals surface area contributed by atoms with Crippen molar-refractivity contribution in [1.29, 1.82) is 0 Å². The van der Waals surface area contributed by atoms with E-state index in [1.54, 1.807) is 0 Å². The summed E-state index contributed by atoms with van der Waals surface area (Å²) >= 11 is 0. The Morgan fingerprint density at radius 3 is 3.05 bits per heavy atom. The molecule has 3 rings (SSSR count). The van der Waals surface area contributed by atoms with Gasteiger partial charge in [-0.05, 0) is 49.3 Å². The maximum absolute atomic E-state index is 5.43. The van der Waals surface area contributed by atoms with Gasteiger partial charge in [0.15, 0.2) is 0 Å². The molecule has 1 heterocycles. The molecule has 1 saturated carbocycles. The lowest BCUT2D eigenvalue weighted by Crippen LogP contribution is -2.27. The van der Waals surface area contributed by atoms with Gasteiger partial charge in [0.1, 0.15) is 0 Å². The van der Waals surface area contributed by atoms with Crippen molar-refractivity contribution in [3.63, 3.8) is 0 Å². The van der Waals surface area contributed by atoms with Crippen LogP contribution in [0.4, 0.5) is 5.69 Å². The maximum atomic E-state index is 5.43. The third-order valence-corrected chi connectivity index (χ3v) is 4.81. The summed E-state index contributed by atoms with van der Waals surface area (Å²) in [7, 11) is 4.02. The van der Waals surface area contributed by atoms with Crippen LogP contribution in [0.25, 0.3) is 0 Å². The van der Waals surface area contributed by atoms with Crippen molar-refractivity contribution in [3.8, 4) is 0 Å². The minimum Gasteiger partial charge on any atom is -0.381 e. The lowest BCUT2D eigenvalue weighted by molar-refractivity contribution is 0.107. The van der Waals surface area contributed by atoms with Crippen LogP contribution in [-0.4, -0.2) is 32.8 Å². The Bertz CT molecular complexity index is 460. The summed E-state index contributed by atoms with van der Waals surface area (Å²) in [4.78, 5) is 2.37. The molecular formula is C17H26N2O. The summed E-state index contributed by atoms with van der Waals surface area (Å²) in [6, 6.07) is 7.58. The first-order valence-electron chi connectivity index (χ1n) is 7.85. The molecule has 1 aliphatic carbocycles. The smallest absolute Gasteiger partial charge is 0.0586 e. The van der Waals surface area contributed by atoms with Crippen molar-refractivity contribution in [2.75, 3.05) is 25.6 Å². The summed E-state index contributed by atoms with van der Waals surface area (Å²) in [5, 5.41) is 3.69. The highest BCUT2D eigenvalue weighted by Crippen LogP contribution is 2.27. The average Bonchev–Trinajstić information content (AvgIpc) is 2.93. The molecule has 0 radical (unpaired) electrons. The van der Waals surface area contributed by atoms with Gasteiger partial charge in [-0.1, -0.05) is 12.1 Å². The van der Waals surface area contributed by atoms with Crippen molar-refractivity contribution in [2.45, 2.75) is 50.8 Å². The van der Waals surface area contributed by atoms with Crippen LogP contribution in [0.1, 0.15) is 36.8 Å². The van der Waals surface area contributed by atoms with Gasteiger partial charge in [-0.25, -0.2) is 0 Å². The Kier molecular flexibility index (Phi) is 4.27. The van der Waals surface area contributed by atoms with E-state index in [0.29, 0.717) is 12.1 Å². The van der Waals surface area contributed by atoms with Crippen LogP contribution in [0.15, 0.2) is 18.2 Å². The molecule has 0 bridgehead atoms. The van der Waals surface area contributed by atoms with Gasteiger partial charge >= 0.3 is 0 Å². The standard InChI is InChI=1S/C17H26N2O/c1-19-9-3-4-14-10-13(5-8-17(14)19)12-18-15-6-7-16(11-15)20-2/h5,8,10,15-16,18H,3-4,6-7,9,11-12H2,1-2H3. The number of rotatable bonds is 4. The largest absolute Gasteiger partial charge is 0.381 e. The van der Waals surface area contributed by atoms with Crippen LogP contribution < -0.4 is 10.2 Å². The monoisotopic (exact) mass is 274 g/mol. The van der Waals surface area contributed by atoms with Gasteiger partial charge in [0.2, 0.25) is 0 Å². The molecule has 0 saturated heterocycles. The van der Waals surface area contributed by atoms with Crippen molar-refractivity contribution in [2.24, 2.45) is 0 Å². The first kappa shape index (κ1) is 13.9. The van der Waals surface area contributed by atoms with Gasteiger partial charge in [-0.3, -0.25) is 0 Å². The minimum atomic E-state index is 0.463. The van der Waals surface area contributed by atoms with Crippen LogP contribution in [0.3, 0.4) is 0 Å². The maximum Gasteiger partial charge on any atom is 0.0586 e. The topological polar surface area (TPSA) is 24.5 Å². The molecule has 2 aliphatic rings. The Morgan fingerprint density at radius 1 is 1.35 bits per heavy atom. The first-order valence-corrected chi connectivity index (χ1v) is 7.85. The normalized spacial score (nSPS) is 25.8. The zero-order valence-electron chi connectivity index (χ0n) is 12.7. The molecule has 0 aromatic heterocycles. The first-order chi connectivity index (χ1) is 9.76. The Labute approximate surface area is 122 Å². The molecule has 3 heteroatoms. The second-order valence-electron chi connectivity index (χ2n) is 6.24. The van der Waals surface area contributed by atoms with E-state index in [2.05, 4.69) is 35.5 Å². The number of anilines is 1. The predicted molar refractivity (Wildman–Crippen MR) is 83.3 cm³/mol. The second kappa shape index (κ2) is 6.15. The van der Waals surface area contributed by atoms with Crippen LogP contribution in [0.2, 0.25) is 0 Å². The van der Waals surface area contributed by atoms with Gasteiger partial charge in [0, 0.05) is 39.0 Å². The molecule has 1 aliphatic heterocycles. The van der Waals surface area contributed by atoms with E-state index >= 15 is 0 Å². The quantitative estimate of drug-likeness (QED) is 0.913. The van der Waals surface area contributed by atoms with E-state index in [9.17, 15) is 0 Å². The Hall–Kier alpha value is -1.06. The predicted octanol–water partition coefficient (Wildman–Crippen LogP) is 2.73. The number of hydrogen-bond donors (Lipinski definition) is 1. The van der Waals surface area contributed by atoms with Crippen molar-refractivity contribution in [1.82, 2.24) is 5.32 Å². The van der Waals surface area contributed by atoms with Gasteiger partial charge in [0.25, 0.3) is 0 Å². The van der Waals surface area contributed by atoms with E-state index in [-0.39, 0.29) is 0 Å². The molecule has 0 spiro atoms. The van der Waals surface area contributed by atoms with Crippen LogP contribution in [0.5, 0.6) is 0 Å². The van der Waals surface area contributed by atoms with E-state index in [1.165, 1.54) is 49.0 Å². The SMILES string of the molecule is COC1CCC(NCc2ccc3c(c2)CCCN3C)C1. The van der Waals surface area contributed by atoms with Crippen molar-refractivity contribution >= 4 is 5.69 Å². The number of hydrogen-bond acceptors (Lipinski definition) is 3. The number of methoxy groups -OCH3 is 1. The van der Waals surface area contributed by atoms with Crippen molar-refractivity contribution in [3.05, 3.63) is 29.3 Å². The fourth-order valence-electron chi connectivity index (χ4n) is 3.55. The summed E-state index contributed by atoms with van der Waals surface area (Å²) in [5.41, 5.74) is 4.35. The Morgan fingerprint density at radius 2 is 2.25 bits per heavy atom. The molecule has 2 unspecified atom stereocenters. The summed E-state index contributed by atoms with van der Waals surface area (Å²) in [5.74, 6) is 0. The number of ether oxygens (including phenoxy) is 1. The number of fused-ring (bicyclic) bond motifs is 1. The molecule has 110 valence electrons. The highest BCUT2D eigenvalue weighted by molar-refractivity contribution is 5.56. The summed E-state index contributed by atoms with van der Waals surface area (Å²) in [6.45, 7) is 2.17. The van der Waals surface area contributed by atoms with Gasteiger partial charge in [-0.2, -0.15) is 0 Å². The van der Waals surface area contributed by atoms with E-state index in [0.717, 1.165) is 13.0 Å². The minimum absolute atomic E-state index is 0.463. The van der Waals surface area contributed by atoms with Crippen molar-refractivity contribution < 1.29 is 4.74 Å². The highest BCUT2D eigenvalue weighted by atomic mass is 16.5. The van der Waals surface area contributed by atoms with E-state index in [1.807, 2.05) is 7.11 Å². The molecule has 3 nitrogen and oxygen atoms in total. The van der Waals surface area contributed by atoms with Crippen LogP contribution >= 0.6 is 0 Å². The molecule has 20 heavy (non-hydrogen) atoms.